The summed E-state index contributed by atoms with van der Waals surface area (Å²) in [4.78, 5) is 4.47. The molecular weight excluding hydrogens is 691 g/mol. The number of rotatable bonds is 4. The maximum absolute atomic E-state index is 13.9. The van der Waals surface area contributed by atoms with Gasteiger partial charge in [-0.15, -0.1) is 55.5 Å². The van der Waals surface area contributed by atoms with Gasteiger partial charge >= 0.3 is 0 Å². The highest BCUT2D eigenvalue weighted by Crippen LogP contribution is 2.56. The molecular formula is C32H20N6O2P2S4. The van der Waals surface area contributed by atoms with Crippen molar-refractivity contribution in [3.8, 4) is 30.9 Å². The summed E-state index contributed by atoms with van der Waals surface area (Å²) >= 11 is 6.57. The third kappa shape index (κ3) is 4.08. The number of benzene rings is 2. The first kappa shape index (κ1) is 28.2. The third-order valence-electron chi connectivity index (χ3n) is 8.00. The van der Waals surface area contributed by atoms with Gasteiger partial charge in [-0.3, -0.25) is 0 Å². The molecule has 6 aromatic heterocycles. The highest BCUT2D eigenvalue weighted by Gasteiger charge is 2.45. The van der Waals surface area contributed by atoms with E-state index in [0.29, 0.717) is 10.9 Å². The molecule has 0 fully saturated rings. The second kappa shape index (κ2) is 10.8. The highest BCUT2D eigenvalue weighted by molar-refractivity contribution is 7.87. The predicted octanol–water partition coefficient (Wildman–Crippen LogP) is 6.02. The van der Waals surface area contributed by atoms with Gasteiger partial charge < -0.3 is 9.13 Å². The number of nitrogens with zero attached hydrogens (tertiary/aromatic N) is 6. The molecule has 0 N–H and O–H groups in total. The average Bonchev–Trinajstić information content (AvgIpc) is 3.94. The van der Waals surface area contributed by atoms with Gasteiger partial charge in [0.25, 0.3) is 0 Å². The molecule has 0 atom stereocenters. The van der Waals surface area contributed by atoms with Crippen LogP contribution in [0, 0.1) is 0 Å². The minimum Gasteiger partial charge on any atom is -0.307 e. The van der Waals surface area contributed by atoms with E-state index in [1.165, 1.54) is 0 Å². The molecule has 0 aliphatic carbocycles. The molecule has 0 saturated heterocycles. The van der Waals surface area contributed by atoms with E-state index in [9.17, 15) is 9.13 Å². The van der Waals surface area contributed by atoms with Crippen molar-refractivity contribution in [2.24, 2.45) is 0 Å². The minimum absolute atomic E-state index is 0.554. The van der Waals surface area contributed by atoms with E-state index >= 15 is 0 Å². The molecule has 46 heavy (non-hydrogen) atoms. The fraction of sp³-hybridized carbons (Fsp3) is 0. The van der Waals surface area contributed by atoms with Crippen LogP contribution in [0.2, 0.25) is 0 Å². The van der Waals surface area contributed by atoms with Gasteiger partial charge in [0, 0.05) is 21.2 Å². The lowest BCUT2D eigenvalue weighted by Gasteiger charge is -2.08. The summed E-state index contributed by atoms with van der Waals surface area (Å²) in [6.45, 7) is 0. The summed E-state index contributed by atoms with van der Waals surface area (Å²) in [6, 6.07) is 27.4. The molecule has 10 rings (SSSR count). The van der Waals surface area contributed by atoms with Gasteiger partial charge in [-0.25, -0.2) is 9.36 Å². The largest absolute Gasteiger partial charge is 0.307 e. The minimum atomic E-state index is -2.88. The first-order valence-corrected chi connectivity index (χ1v) is 21.0. The molecule has 0 radical (unpaired) electrons. The molecule has 14 heteroatoms. The number of aromatic nitrogens is 6. The Morgan fingerprint density at radius 2 is 0.783 bits per heavy atom. The van der Waals surface area contributed by atoms with Gasteiger partial charge in [-0.1, -0.05) is 46.8 Å². The van der Waals surface area contributed by atoms with Crippen LogP contribution in [-0.4, -0.2) is 30.0 Å². The van der Waals surface area contributed by atoms with Gasteiger partial charge in [0.05, 0.1) is 43.3 Å². The Morgan fingerprint density at radius 3 is 1.11 bits per heavy atom. The van der Waals surface area contributed by atoms with Crippen LogP contribution in [0.4, 0.5) is 0 Å². The summed E-state index contributed by atoms with van der Waals surface area (Å²) in [7, 11) is -5.76. The van der Waals surface area contributed by atoms with Crippen molar-refractivity contribution in [1.82, 2.24) is 30.0 Å². The lowest BCUT2D eigenvalue weighted by Crippen LogP contribution is -2.20. The third-order valence-corrected chi connectivity index (χ3v) is 18.5. The van der Waals surface area contributed by atoms with E-state index in [2.05, 4.69) is 20.6 Å². The maximum Gasteiger partial charge on any atom is 0.194 e. The summed E-state index contributed by atoms with van der Waals surface area (Å²) in [5, 5.41) is 28.5. The Kier molecular flexibility index (Phi) is 6.61. The standard InChI is InChI=1S/2C16H10N3OPS2/c2*20-21(12-6-8-22-15(12)16-13(21)7-9-23-16)14-10-19(18-17-14)11-4-2-1-3-5-11/h2*1-10H. The van der Waals surface area contributed by atoms with Gasteiger partial charge in [0.1, 0.15) is 0 Å². The van der Waals surface area contributed by atoms with E-state index in [1.807, 2.05) is 106 Å². The van der Waals surface area contributed by atoms with Crippen molar-refractivity contribution in [1.29, 1.82) is 0 Å². The Balaban J connectivity index is 0.000000127. The number of fused-ring (bicyclic) bond motifs is 6. The first-order valence-electron chi connectivity index (χ1n) is 14.1. The van der Waals surface area contributed by atoms with Crippen LogP contribution in [0.25, 0.3) is 30.9 Å². The van der Waals surface area contributed by atoms with Crippen molar-refractivity contribution >= 4 is 91.7 Å². The van der Waals surface area contributed by atoms with E-state index < -0.39 is 14.3 Å². The number of hydrogen-bond donors (Lipinski definition) is 0. The molecule has 8 aromatic rings. The lowest BCUT2D eigenvalue weighted by molar-refractivity contribution is 0.591. The van der Waals surface area contributed by atoms with Crippen LogP contribution < -0.4 is 32.1 Å². The SMILES string of the molecule is O=P1(c2cn(-c3ccccc3)nn2)c2ccsc2-c2sccc21.O=P1(c2cn(-c3ccccc3)nn2)c2ccsc2-c2sccc21. The molecule has 8 heterocycles. The Labute approximate surface area is 279 Å². The zero-order valence-corrected chi connectivity index (χ0v) is 28.6. The summed E-state index contributed by atoms with van der Waals surface area (Å²) in [5.74, 6) is 0. The summed E-state index contributed by atoms with van der Waals surface area (Å²) in [6.07, 6.45) is 3.59. The smallest absolute Gasteiger partial charge is 0.194 e. The van der Waals surface area contributed by atoms with Crippen molar-refractivity contribution < 1.29 is 9.13 Å². The molecule has 0 saturated carbocycles. The van der Waals surface area contributed by atoms with Crippen LogP contribution in [0.1, 0.15) is 0 Å². The number of para-hydroxylation sites is 2. The average molecular weight is 711 g/mol. The fourth-order valence-corrected chi connectivity index (χ4v) is 17.4. The van der Waals surface area contributed by atoms with Crippen molar-refractivity contribution in [2.45, 2.75) is 0 Å². The van der Waals surface area contributed by atoms with Gasteiger partial charge in [0.2, 0.25) is 0 Å². The Bertz CT molecular complexity index is 2210. The van der Waals surface area contributed by atoms with Crippen molar-refractivity contribution in [3.63, 3.8) is 0 Å². The number of hydrogen-bond acceptors (Lipinski definition) is 10. The van der Waals surface area contributed by atoms with Crippen LogP contribution >= 0.6 is 59.6 Å². The quantitative estimate of drug-likeness (QED) is 0.208. The zero-order chi connectivity index (χ0) is 30.9. The van der Waals surface area contributed by atoms with Crippen molar-refractivity contribution in [2.75, 3.05) is 0 Å². The van der Waals surface area contributed by atoms with Gasteiger partial charge in [-0.05, 0) is 70.1 Å². The van der Waals surface area contributed by atoms with Crippen molar-refractivity contribution in [3.05, 3.63) is 119 Å². The Morgan fingerprint density at radius 1 is 0.457 bits per heavy atom. The van der Waals surface area contributed by atoms with Crippen LogP contribution in [0.15, 0.2) is 119 Å². The van der Waals surface area contributed by atoms with Gasteiger partial charge in [0.15, 0.2) is 25.2 Å². The van der Waals surface area contributed by atoms with E-state index in [0.717, 1.165) is 52.1 Å². The molecule has 0 amide bonds. The predicted molar refractivity (Wildman–Crippen MR) is 191 cm³/mol. The second-order valence-corrected chi connectivity index (χ2v) is 19.4. The van der Waals surface area contributed by atoms with E-state index in [4.69, 9.17) is 0 Å². The maximum atomic E-state index is 13.9. The monoisotopic (exact) mass is 710 g/mol. The normalized spacial score (nSPS) is 14.6. The first-order chi connectivity index (χ1) is 22.6. The Hall–Kier alpha value is -4.02. The van der Waals surface area contributed by atoms with Crippen LogP contribution in [0.5, 0.6) is 0 Å². The van der Waals surface area contributed by atoms with E-state index in [1.54, 1.807) is 67.1 Å². The molecule has 0 bridgehead atoms. The number of thiophene rings is 4. The summed E-state index contributed by atoms with van der Waals surface area (Å²) < 4.78 is 31.2. The summed E-state index contributed by atoms with van der Waals surface area (Å²) in [5.41, 5.74) is 2.93. The zero-order valence-electron chi connectivity index (χ0n) is 23.6. The molecule has 2 aliphatic heterocycles. The fourth-order valence-electron chi connectivity index (χ4n) is 5.85. The molecule has 0 spiro atoms. The molecule has 8 nitrogen and oxygen atoms in total. The molecule has 2 aliphatic rings. The van der Waals surface area contributed by atoms with Crippen LogP contribution in [-0.2, 0) is 9.13 Å². The van der Waals surface area contributed by atoms with E-state index in [-0.39, 0.29) is 0 Å². The highest BCUT2D eigenvalue weighted by atomic mass is 32.1. The molecule has 224 valence electrons. The van der Waals surface area contributed by atoms with Crippen LogP contribution in [0.3, 0.4) is 0 Å². The van der Waals surface area contributed by atoms with Gasteiger partial charge in [-0.2, -0.15) is 0 Å². The molecule has 2 aromatic carbocycles. The molecule has 0 unspecified atom stereocenters. The topological polar surface area (TPSA) is 95.6 Å². The second-order valence-electron chi connectivity index (χ2n) is 10.5. The lowest BCUT2D eigenvalue weighted by atomic mass is 10.3.